The van der Waals surface area contributed by atoms with Gasteiger partial charge in [0.2, 0.25) is 0 Å². The van der Waals surface area contributed by atoms with Gasteiger partial charge in [-0.3, -0.25) is 4.98 Å². The Balaban J connectivity index is 2.00. The van der Waals surface area contributed by atoms with Gasteiger partial charge in [0.05, 0.1) is 23.4 Å². The lowest BCUT2D eigenvalue weighted by molar-refractivity contribution is 0.556. The zero-order chi connectivity index (χ0) is 11.6. The normalized spacial score (nSPS) is 20.6. The Morgan fingerprint density at radius 2 is 2.06 bits per heavy atom. The molecular weight excluding hydrogens is 231 g/mol. The maximum absolute atomic E-state index is 13.3. The Kier molecular flexibility index (Phi) is 3.09. The van der Waals surface area contributed by atoms with Crippen molar-refractivity contribution in [1.29, 1.82) is 0 Å². The van der Waals surface area contributed by atoms with Crippen LogP contribution in [-0.4, -0.2) is 30.9 Å². The van der Waals surface area contributed by atoms with Crippen molar-refractivity contribution < 1.29 is 12.8 Å². The minimum absolute atomic E-state index is 0.0282. The molecule has 1 saturated heterocycles. The van der Waals surface area contributed by atoms with E-state index in [-0.39, 0.29) is 17.5 Å². The van der Waals surface area contributed by atoms with E-state index in [1.807, 2.05) is 0 Å². The number of aromatic nitrogens is 1. The van der Waals surface area contributed by atoms with Gasteiger partial charge >= 0.3 is 0 Å². The largest absolute Gasteiger partial charge is 0.380 e. The van der Waals surface area contributed by atoms with Crippen LogP contribution in [0.3, 0.4) is 0 Å². The Morgan fingerprint density at radius 3 is 2.69 bits per heavy atom. The highest BCUT2D eigenvalue weighted by Gasteiger charge is 2.23. The van der Waals surface area contributed by atoms with E-state index in [0.717, 1.165) is 6.20 Å². The first-order valence-electron chi connectivity index (χ1n) is 5.13. The SMILES string of the molecule is O=S1(=O)CCC(Nc2ccncc2F)CC1. The van der Waals surface area contributed by atoms with Crippen molar-refractivity contribution in [3.63, 3.8) is 0 Å². The first-order chi connectivity index (χ1) is 7.57. The fourth-order valence-electron chi connectivity index (χ4n) is 1.75. The Hall–Kier alpha value is -1.17. The summed E-state index contributed by atoms with van der Waals surface area (Å²) in [5.74, 6) is -0.0507. The van der Waals surface area contributed by atoms with Gasteiger partial charge < -0.3 is 5.32 Å². The van der Waals surface area contributed by atoms with Crippen molar-refractivity contribution in [3.05, 3.63) is 24.3 Å². The average molecular weight is 244 g/mol. The first-order valence-corrected chi connectivity index (χ1v) is 6.95. The third-order valence-electron chi connectivity index (χ3n) is 2.69. The van der Waals surface area contributed by atoms with Crippen LogP contribution in [-0.2, 0) is 9.84 Å². The van der Waals surface area contributed by atoms with Crippen molar-refractivity contribution in [2.45, 2.75) is 18.9 Å². The number of hydrogen-bond donors (Lipinski definition) is 1. The fourth-order valence-corrected chi connectivity index (χ4v) is 3.24. The quantitative estimate of drug-likeness (QED) is 0.849. The highest BCUT2D eigenvalue weighted by Crippen LogP contribution is 2.19. The molecule has 1 aromatic heterocycles. The second kappa shape index (κ2) is 4.37. The summed E-state index contributed by atoms with van der Waals surface area (Å²) < 4.78 is 35.7. The highest BCUT2D eigenvalue weighted by atomic mass is 32.2. The maximum Gasteiger partial charge on any atom is 0.164 e. The van der Waals surface area contributed by atoms with Crippen LogP contribution in [0.15, 0.2) is 18.5 Å². The molecule has 0 aromatic carbocycles. The van der Waals surface area contributed by atoms with Crippen LogP contribution in [0, 0.1) is 5.82 Å². The topological polar surface area (TPSA) is 59.1 Å². The van der Waals surface area contributed by atoms with Gasteiger partial charge in [0.1, 0.15) is 9.84 Å². The third kappa shape index (κ3) is 2.69. The standard InChI is InChI=1S/C10H13FN2O2S/c11-9-7-12-4-1-10(9)13-8-2-5-16(14,15)6-3-8/h1,4,7-8H,2-3,5-6H2,(H,12,13). The summed E-state index contributed by atoms with van der Waals surface area (Å²) in [5, 5.41) is 3.01. The van der Waals surface area contributed by atoms with E-state index < -0.39 is 15.7 Å². The molecule has 0 radical (unpaired) electrons. The van der Waals surface area contributed by atoms with Crippen LogP contribution in [0.1, 0.15) is 12.8 Å². The van der Waals surface area contributed by atoms with Crippen molar-refractivity contribution >= 4 is 15.5 Å². The van der Waals surface area contributed by atoms with E-state index in [4.69, 9.17) is 0 Å². The van der Waals surface area contributed by atoms with Crippen molar-refractivity contribution in [2.75, 3.05) is 16.8 Å². The molecule has 1 aromatic rings. The summed E-state index contributed by atoms with van der Waals surface area (Å²) in [6, 6.07) is 1.58. The molecule has 0 saturated carbocycles. The lowest BCUT2D eigenvalue weighted by atomic mass is 10.1. The number of halogens is 1. The number of nitrogens with zero attached hydrogens (tertiary/aromatic N) is 1. The zero-order valence-electron chi connectivity index (χ0n) is 8.69. The predicted octanol–water partition coefficient (Wildman–Crippen LogP) is 1.21. The van der Waals surface area contributed by atoms with Crippen molar-refractivity contribution in [3.8, 4) is 0 Å². The van der Waals surface area contributed by atoms with Crippen molar-refractivity contribution in [2.24, 2.45) is 0 Å². The Bertz CT molecular complexity index is 461. The zero-order valence-corrected chi connectivity index (χ0v) is 9.50. The van der Waals surface area contributed by atoms with Gasteiger partial charge in [0, 0.05) is 12.2 Å². The molecule has 6 heteroatoms. The molecule has 1 aliphatic rings. The van der Waals surface area contributed by atoms with E-state index in [1.165, 1.54) is 6.20 Å². The molecule has 1 aliphatic heterocycles. The summed E-state index contributed by atoms with van der Waals surface area (Å²) in [6.07, 6.45) is 3.71. The molecule has 0 aliphatic carbocycles. The van der Waals surface area contributed by atoms with Gasteiger partial charge in [-0.05, 0) is 18.9 Å². The summed E-state index contributed by atoms with van der Waals surface area (Å²) >= 11 is 0. The van der Waals surface area contributed by atoms with E-state index in [0.29, 0.717) is 18.5 Å². The third-order valence-corrected chi connectivity index (χ3v) is 4.40. The van der Waals surface area contributed by atoms with Crippen LogP contribution in [0.2, 0.25) is 0 Å². The Morgan fingerprint density at radius 1 is 1.38 bits per heavy atom. The van der Waals surface area contributed by atoms with Gasteiger partial charge in [0.25, 0.3) is 0 Å². The van der Waals surface area contributed by atoms with Gasteiger partial charge in [-0.1, -0.05) is 0 Å². The molecule has 2 heterocycles. The van der Waals surface area contributed by atoms with E-state index >= 15 is 0 Å². The minimum Gasteiger partial charge on any atom is -0.380 e. The number of nitrogens with one attached hydrogen (secondary N) is 1. The molecule has 0 unspecified atom stereocenters. The number of pyridine rings is 1. The van der Waals surface area contributed by atoms with E-state index in [1.54, 1.807) is 6.07 Å². The molecule has 0 amide bonds. The van der Waals surface area contributed by atoms with Gasteiger partial charge in [0.15, 0.2) is 5.82 Å². The highest BCUT2D eigenvalue weighted by molar-refractivity contribution is 7.91. The van der Waals surface area contributed by atoms with Crippen LogP contribution < -0.4 is 5.32 Å². The number of anilines is 1. The summed E-state index contributed by atoms with van der Waals surface area (Å²) in [7, 11) is -2.86. The molecule has 1 fully saturated rings. The lowest BCUT2D eigenvalue weighted by Gasteiger charge is -2.24. The molecule has 0 bridgehead atoms. The fraction of sp³-hybridized carbons (Fsp3) is 0.500. The van der Waals surface area contributed by atoms with Crippen molar-refractivity contribution in [1.82, 2.24) is 4.98 Å². The van der Waals surface area contributed by atoms with Gasteiger partial charge in [-0.15, -0.1) is 0 Å². The van der Waals surface area contributed by atoms with Crippen LogP contribution in [0.25, 0.3) is 0 Å². The Labute approximate surface area is 93.8 Å². The predicted molar refractivity (Wildman–Crippen MR) is 59.5 cm³/mol. The minimum atomic E-state index is -2.86. The van der Waals surface area contributed by atoms with E-state index in [2.05, 4.69) is 10.3 Å². The second-order valence-electron chi connectivity index (χ2n) is 3.93. The van der Waals surface area contributed by atoms with Gasteiger partial charge in [-0.25, -0.2) is 12.8 Å². The number of rotatable bonds is 2. The van der Waals surface area contributed by atoms with Crippen LogP contribution in [0.5, 0.6) is 0 Å². The molecule has 1 N–H and O–H groups in total. The summed E-state index contributed by atoms with van der Waals surface area (Å²) in [4.78, 5) is 3.65. The summed E-state index contributed by atoms with van der Waals surface area (Å²) in [5.41, 5.74) is 0.388. The van der Waals surface area contributed by atoms with Crippen LogP contribution in [0.4, 0.5) is 10.1 Å². The number of hydrogen-bond acceptors (Lipinski definition) is 4. The molecule has 2 rings (SSSR count). The lowest BCUT2D eigenvalue weighted by Crippen LogP contribution is -2.32. The monoisotopic (exact) mass is 244 g/mol. The van der Waals surface area contributed by atoms with Gasteiger partial charge in [-0.2, -0.15) is 0 Å². The molecule has 0 spiro atoms. The van der Waals surface area contributed by atoms with Crippen LogP contribution >= 0.6 is 0 Å². The second-order valence-corrected chi connectivity index (χ2v) is 6.23. The molecular formula is C10H13FN2O2S. The summed E-state index contributed by atoms with van der Waals surface area (Å²) in [6.45, 7) is 0. The number of sulfone groups is 1. The molecule has 0 atom stereocenters. The molecule has 88 valence electrons. The molecule has 4 nitrogen and oxygen atoms in total. The van der Waals surface area contributed by atoms with E-state index in [9.17, 15) is 12.8 Å². The average Bonchev–Trinajstić information content (AvgIpc) is 2.24. The maximum atomic E-state index is 13.3. The smallest absolute Gasteiger partial charge is 0.164 e. The molecule has 16 heavy (non-hydrogen) atoms. The first kappa shape index (κ1) is 11.3.